The van der Waals surface area contributed by atoms with Crippen LogP contribution in [0.3, 0.4) is 0 Å². The molecule has 3 heterocycles. The van der Waals surface area contributed by atoms with E-state index in [-0.39, 0.29) is 87.8 Å². The minimum atomic E-state index is -5.01. The number of aromatic nitrogens is 2. The monoisotopic (exact) mass is 1010 g/mol. The van der Waals surface area contributed by atoms with Gasteiger partial charge in [-0.25, -0.2) is 4.98 Å². The summed E-state index contributed by atoms with van der Waals surface area (Å²) in [5.74, 6) is -0.0582. The molecule has 3 aromatic heterocycles. The molecule has 0 saturated heterocycles. The van der Waals surface area contributed by atoms with Crippen molar-refractivity contribution >= 4 is 117 Å². The van der Waals surface area contributed by atoms with Gasteiger partial charge in [-0.1, -0.05) is 53.8 Å². The van der Waals surface area contributed by atoms with E-state index in [0.29, 0.717) is 11.1 Å². The van der Waals surface area contributed by atoms with Crippen LogP contribution in [0.5, 0.6) is 0 Å². The molecule has 21 nitrogen and oxygen atoms in total. The molecular formula is C42H30N8O13S5. The van der Waals surface area contributed by atoms with E-state index in [9.17, 15) is 61.9 Å². The number of rotatable bonds is 11. The second-order valence-electron chi connectivity index (χ2n) is 14.9. The smallest absolute Gasteiger partial charge is 0.295 e. The van der Waals surface area contributed by atoms with Crippen LogP contribution in [-0.4, -0.2) is 61.9 Å². The van der Waals surface area contributed by atoms with Gasteiger partial charge < -0.3 is 10.3 Å². The zero-order valence-electron chi connectivity index (χ0n) is 34.8. The molecule has 0 spiro atoms. The van der Waals surface area contributed by atoms with E-state index in [1.54, 1.807) is 37.3 Å². The Labute approximate surface area is 389 Å². The van der Waals surface area contributed by atoms with Gasteiger partial charge in [0.25, 0.3) is 40.5 Å². The Hall–Kier alpha value is -7.19. The third kappa shape index (κ3) is 9.00. The van der Waals surface area contributed by atoms with Crippen LogP contribution in [0.1, 0.15) is 22.3 Å². The Morgan fingerprint density at radius 1 is 0.662 bits per heavy atom. The van der Waals surface area contributed by atoms with Crippen molar-refractivity contribution in [2.24, 2.45) is 20.5 Å². The zero-order chi connectivity index (χ0) is 49.2. The summed E-state index contributed by atoms with van der Waals surface area (Å²) >= 11 is 0.784. The maximum absolute atomic E-state index is 14.3. The van der Waals surface area contributed by atoms with Crippen LogP contribution in [0, 0.1) is 32.1 Å². The van der Waals surface area contributed by atoms with Crippen molar-refractivity contribution < 1.29 is 51.9 Å². The lowest BCUT2D eigenvalue weighted by Crippen LogP contribution is -2.11. The van der Waals surface area contributed by atoms with Crippen molar-refractivity contribution in [2.45, 2.75) is 40.4 Å². The highest BCUT2D eigenvalue weighted by Gasteiger charge is 2.25. The highest BCUT2D eigenvalue weighted by Crippen LogP contribution is 2.49. The average molecular weight is 1020 g/mol. The number of fused-ring (bicyclic) bond motifs is 3. The molecule has 8 aromatic rings. The van der Waals surface area contributed by atoms with Gasteiger partial charge in [0.05, 0.1) is 26.4 Å². The first-order valence-corrected chi connectivity index (χ1v) is 25.7. The number of H-pyrrole nitrogens is 1. The fourth-order valence-corrected chi connectivity index (χ4v) is 10.9. The first kappa shape index (κ1) is 47.3. The van der Waals surface area contributed by atoms with Gasteiger partial charge in [0, 0.05) is 27.4 Å². The van der Waals surface area contributed by atoms with E-state index < -0.39 is 65.5 Å². The standard InChI is InChI=1S/C42H30N8O13S5/c1-20-14-25(65(52,53)54)12-13-31(20)44-40-37(22(3)34-38(51)29-18-26(66(55,56)57)15-21(2)36(29)45-39(34)46-40)48-49-41-30(19-43)35(23-8-5-4-6-9-23)42(64-41)50-47-24-16-28-27(33(17-24)68(61,62)63)10-7-11-32(28)67(58,59)60/h4-18H,1-3H3,(H,52,53,54)(H,55,56,57)(H,58,59,60)(H,61,62,63)(H2,44,45,46,51). The molecule has 0 aliphatic heterocycles. The Kier molecular flexibility index (Phi) is 11.9. The summed E-state index contributed by atoms with van der Waals surface area (Å²) in [5, 5.41) is 30.2. The van der Waals surface area contributed by atoms with Crippen LogP contribution in [0.2, 0.25) is 0 Å². The van der Waals surface area contributed by atoms with E-state index in [1.807, 2.05) is 0 Å². The molecule has 0 bridgehead atoms. The molecule has 26 heteroatoms. The molecule has 0 unspecified atom stereocenters. The molecule has 0 aliphatic carbocycles. The fourth-order valence-electron chi connectivity index (χ4n) is 7.37. The summed E-state index contributed by atoms with van der Waals surface area (Å²) in [5.41, 5.74) is 0.613. The summed E-state index contributed by atoms with van der Waals surface area (Å²) in [6.45, 7) is 4.54. The van der Waals surface area contributed by atoms with Crippen LogP contribution < -0.4 is 10.7 Å². The molecule has 0 atom stereocenters. The maximum Gasteiger partial charge on any atom is 0.295 e. The third-order valence-corrected chi connectivity index (χ3v) is 14.9. The van der Waals surface area contributed by atoms with Crippen molar-refractivity contribution in [3.8, 4) is 17.2 Å². The minimum absolute atomic E-state index is 0.00572. The molecule has 0 fully saturated rings. The van der Waals surface area contributed by atoms with Crippen LogP contribution in [-0.2, 0) is 40.5 Å². The van der Waals surface area contributed by atoms with E-state index in [4.69, 9.17) is 0 Å². The Bertz CT molecular complexity index is 4130. The Morgan fingerprint density at radius 3 is 1.96 bits per heavy atom. The zero-order valence-corrected chi connectivity index (χ0v) is 38.9. The summed E-state index contributed by atoms with van der Waals surface area (Å²) in [6.07, 6.45) is 0. The molecule has 0 saturated carbocycles. The second kappa shape index (κ2) is 17.2. The van der Waals surface area contributed by atoms with Gasteiger partial charge in [-0.05, 0) is 91.6 Å². The van der Waals surface area contributed by atoms with Crippen molar-refractivity contribution in [2.75, 3.05) is 5.32 Å². The number of nitriles is 1. The van der Waals surface area contributed by atoms with Gasteiger partial charge >= 0.3 is 0 Å². The Balaban J connectivity index is 1.34. The number of hydrogen-bond acceptors (Lipinski definition) is 17. The predicted molar refractivity (Wildman–Crippen MR) is 250 cm³/mol. The molecule has 5 aromatic carbocycles. The number of anilines is 2. The third-order valence-electron chi connectivity index (χ3n) is 10.5. The maximum atomic E-state index is 14.3. The van der Waals surface area contributed by atoms with Gasteiger partial charge in [-0.15, -0.1) is 20.5 Å². The number of nitrogens with one attached hydrogen (secondary N) is 2. The van der Waals surface area contributed by atoms with Gasteiger partial charge in [-0.2, -0.15) is 38.9 Å². The number of nitrogens with zero attached hydrogens (tertiary/aromatic N) is 6. The average Bonchev–Trinajstić information content (AvgIpc) is 3.62. The summed E-state index contributed by atoms with van der Waals surface area (Å²) < 4.78 is 137. The minimum Gasteiger partial charge on any atom is -0.339 e. The van der Waals surface area contributed by atoms with E-state index in [2.05, 4.69) is 41.8 Å². The fraction of sp³-hybridized carbons (Fsp3) is 0.0714. The molecule has 6 N–H and O–H groups in total. The number of aryl methyl sites for hydroxylation is 3. The molecule has 8 rings (SSSR count). The van der Waals surface area contributed by atoms with Crippen LogP contribution in [0.15, 0.2) is 136 Å². The topological polar surface area (TPSA) is 348 Å². The lowest BCUT2D eigenvalue weighted by molar-refractivity contribution is 0.481. The first-order valence-electron chi connectivity index (χ1n) is 19.2. The molecular weight excluding hydrogens is 985 g/mol. The van der Waals surface area contributed by atoms with Gasteiger partial charge in [-0.3, -0.25) is 23.0 Å². The van der Waals surface area contributed by atoms with E-state index in [1.165, 1.54) is 38.1 Å². The molecule has 346 valence electrons. The lowest BCUT2D eigenvalue weighted by Gasteiger charge is -2.15. The van der Waals surface area contributed by atoms with Crippen molar-refractivity contribution in [3.63, 3.8) is 0 Å². The van der Waals surface area contributed by atoms with E-state index in [0.717, 1.165) is 47.7 Å². The number of thiophene rings is 1. The quantitative estimate of drug-likeness (QED) is 0.0399. The number of hydrogen-bond donors (Lipinski definition) is 6. The SMILES string of the molecule is Cc1cc(S(=O)(=O)O)ccc1Nc1nc2[nH]c3c(C)cc(S(=O)(=O)O)cc3c(=O)c2c(C)c1N=Nc1sc(N=Nc2cc(S(=O)(=O)O)c3cccc(S(=O)(=O)O)c3c2)c(-c2ccccc2)c1C#N. The highest BCUT2D eigenvalue weighted by atomic mass is 32.2. The highest BCUT2D eigenvalue weighted by molar-refractivity contribution is 7.86. The van der Waals surface area contributed by atoms with Gasteiger partial charge in [0.15, 0.2) is 16.2 Å². The Morgan fingerprint density at radius 2 is 1.32 bits per heavy atom. The summed E-state index contributed by atoms with van der Waals surface area (Å²) in [7, 11) is -19.3. The second-order valence-corrected chi connectivity index (χ2v) is 21.5. The molecule has 0 amide bonds. The van der Waals surface area contributed by atoms with Gasteiger partial charge in [0.1, 0.15) is 37.8 Å². The van der Waals surface area contributed by atoms with Gasteiger partial charge in [0.2, 0.25) is 0 Å². The largest absolute Gasteiger partial charge is 0.339 e. The molecule has 68 heavy (non-hydrogen) atoms. The number of aromatic amines is 1. The number of benzene rings is 5. The lowest BCUT2D eigenvalue weighted by atomic mass is 10.0. The number of pyridine rings is 2. The first-order chi connectivity index (χ1) is 31.8. The van der Waals surface area contributed by atoms with E-state index >= 15 is 0 Å². The summed E-state index contributed by atoms with van der Waals surface area (Å²) in [4.78, 5) is 19.6. The number of azo groups is 2. The van der Waals surface area contributed by atoms with Crippen molar-refractivity contribution in [1.82, 2.24) is 9.97 Å². The summed E-state index contributed by atoms with van der Waals surface area (Å²) in [6, 6.07) is 21.7. The van der Waals surface area contributed by atoms with Crippen LogP contribution in [0.4, 0.5) is 32.9 Å². The van der Waals surface area contributed by atoms with Crippen LogP contribution in [0.25, 0.3) is 43.8 Å². The molecule has 0 aliphatic rings. The van der Waals surface area contributed by atoms with Crippen LogP contribution >= 0.6 is 11.3 Å². The van der Waals surface area contributed by atoms with Crippen molar-refractivity contribution in [1.29, 1.82) is 5.26 Å². The van der Waals surface area contributed by atoms with Crippen molar-refractivity contribution in [3.05, 3.63) is 123 Å². The molecule has 0 radical (unpaired) electrons. The predicted octanol–water partition coefficient (Wildman–Crippen LogP) is 9.32. The normalized spacial score (nSPS) is 12.7.